The van der Waals surface area contributed by atoms with Gasteiger partial charge < -0.3 is 5.32 Å². The minimum Gasteiger partial charge on any atom is -0.323 e. The Morgan fingerprint density at radius 1 is 1.45 bits per heavy atom. The molecule has 0 bridgehead atoms. The molecule has 2 aromatic heterocycles. The monoisotopic (exact) mass is 348 g/mol. The molecule has 0 unspecified atom stereocenters. The smallest absolute Gasteiger partial charge is 0.323 e. The number of hydrogen-bond acceptors (Lipinski definition) is 3. The topological polar surface area (TPSA) is 59.8 Å². The van der Waals surface area contributed by atoms with Gasteiger partial charge in [-0.2, -0.15) is 18.3 Å². The van der Waals surface area contributed by atoms with Crippen molar-refractivity contribution in [1.82, 2.24) is 14.8 Å². The minimum atomic E-state index is -4.56. The molecular formula is C11H8BrF3N4O. The Kier molecular flexibility index (Phi) is 4.07. The van der Waals surface area contributed by atoms with Gasteiger partial charge in [0.2, 0.25) is 5.91 Å². The fraction of sp³-hybridized carbons (Fsp3) is 0.182. The number of nitrogens with zero attached hydrogens (tertiary/aromatic N) is 3. The van der Waals surface area contributed by atoms with E-state index in [0.29, 0.717) is 4.47 Å². The fourth-order valence-electron chi connectivity index (χ4n) is 1.48. The largest absolute Gasteiger partial charge is 0.397 e. The third-order valence-electron chi connectivity index (χ3n) is 2.19. The number of hydrogen-bond donors (Lipinski definition) is 1. The maximum absolute atomic E-state index is 12.2. The lowest BCUT2D eigenvalue weighted by molar-refractivity contribution is -0.150. The molecule has 1 amide bonds. The Balaban J connectivity index is 2.27. The summed E-state index contributed by atoms with van der Waals surface area (Å²) in [6, 6.07) is 3.09. The summed E-state index contributed by atoms with van der Waals surface area (Å²) in [6.45, 7) is 0. The second-order valence-corrected chi connectivity index (χ2v) is 4.73. The summed E-state index contributed by atoms with van der Waals surface area (Å²) < 4.78 is 38.3. The van der Waals surface area contributed by atoms with Crippen LogP contribution in [-0.4, -0.2) is 26.8 Å². The van der Waals surface area contributed by atoms with Crippen molar-refractivity contribution in [1.29, 1.82) is 0 Å². The summed E-state index contributed by atoms with van der Waals surface area (Å²) in [4.78, 5) is 15.4. The molecule has 20 heavy (non-hydrogen) atoms. The van der Waals surface area contributed by atoms with Crippen LogP contribution >= 0.6 is 15.9 Å². The molecule has 0 atom stereocenters. The van der Waals surface area contributed by atoms with E-state index in [-0.39, 0.29) is 11.5 Å². The summed E-state index contributed by atoms with van der Waals surface area (Å²) >= 11 is 3.15. The van der Waals surface area contributed by atoms with Gasteiger partial charge in [-0.1, -0.05) is 0 Å². The first-order chi connectivity index (χ1) is 9.35. The van der Waals surface area contributed by atoms with Gasteiger partial charge in [0.15, 0.2) is 5.82 Å². The fourth-order valence-corrected chi connectivity index (χ4v) is 1.81. The van der Waals surface area contributed by atoms with E-state index in [2.05, 4.69) is 31.3 Å². The van der Waals surface area contributed by atoms with Crippen molar-refractivity contribution in [2.75, 3.05) is 5.32 Å². The zero-order chi connectivity index (χ0) is 14.8. The van der Waals surface area contributed by atoms with Crippen LogP contribution in [0.3, 0.4) is 0 Å². The normalized spacial score (nSPS) is 11.4. The minimum absolute atomic E-state index is 0.136. The van der Waals surface area contributed by atoms with E-state index in [9.17, 15) is 18.0 Å². The van der Waals surface area contributed by atoms with E-state index in [1.807, 2.05) is 0 Å². The number of pyridine rings is 1. The molecule has 1 N–H and O–H groups in total. The molecule has 0 aliphatic carbocycles. The lowest BCUT2D eigenvalue weighted by atomic mass is 10.3. The highest BCUT2D eigenvalue weighted by Gasteiger charge is 2.31. The quantitative estimate of drug-likeness (QED) is 0.927. The summed E-state index contributed by atoms with van der Waals surface area (Å²) in [5.74, 6) is -0.931. The van der Waals surface area contributed by atoms with Crippen LogP contribution in [-0.2, 0) is 4.79 Å². The second-order valence-electron chi connectivity index (χ2n) is 3.82. The third kappa shape index (κ3) is 3.80. The van der Waals surface area contributed by atoms with Gasteiger partial charge in [0.25, 0.3) is 0 Å². The highest BCUT2D eigenvalue weighted by Crippen LogP contribution is 2.24. The number of halogens is 4. The zero-order valence-electron chi connectivity index (χ0n) is 9.86. The predicted molar refractivity (Wildman–Crippen MR) is 68.4 cm³/mol. The third-order valence-corrected chi connectivity index (χ3v) is 2.62. The summed E-state index contributed by atoms with van der Waals surface area (Å²) in [6.07, 6.45) is -1.61. The average molecular weight is 349 g/mol. The van der Waals surface area contributed by atoms with E-state index in [4.69, 9.17) is 0 Å². The van der Waals surface area contributed by atoms with Gasteiger partial charge in [-0.15, -0.1) is 0 Å². The molecule has 0 saturated carbocycles. The van der Waals surface area contributed by atoms with E-state index in [1.165, 1.54) is 23.1 Å². The van der Waals surface area contributed by atoms with Gasteiger partial charge in [0, 0.05) is 23.1 Å². The molecule has 0 aliphatic rings. The van der Waals surface area contributed by atoms with E-state index < -0.39 is 18.5 Å². The molecule has 0 spiro atoms. The molecule has 106 valence electrons. The van der Waals surface area contributed by atoms with Crippen LogP contribution in [0.15, 0.2) is 35.2 Å². The van der Waals surface area contributed by atoms with Crippen molar-refractivity contribution >= 4 is 27.5 Å². The molecular weight excluding hydrogens is 341 g/mol. The Morgan fingerprint density at radius 2 is 2.20 bits per heavy atom. The Bertz CT molecular complexity index is 613. The highest BCUT2D eigenvalue weighted by molar-refractivity contribution is 9.10. The number of amides is 1. The zero-order valence-corrected chi connectivity index (χ0v) is 11.4. The maximum atomic E-state index is 12.2. The lowest BCUT2D eigenvalue weighted by Crippen LogP contribution is -2.22. The first kappa shape index (κ1) is 14.5. The van der Waals surface area contributed by atoms with Crippen LogP contribution in [0, 0.1) is 0 Å². The summed E-state index contributed by atoms with van der Waals surface area (Å²) in [5, 5.41) is 6.11. The molecule has 0 saturated heterocycles. The Morgan fingerprint density at radius 3 is 2.80 bits per heavy atom. The molecule has 2 rings (SSSR count). The van der Waals surface area contributed by atoms with Crippen LogP contribution in [0.2, 0.25) is 0 Å². The van der Waals surface area contributed by atoms with Crippen LogP contribution in [0.5, 0.6) is 0 Å². The first-order valence-corrected chi connectivity index (χ1v) is 6.16. The summed E-state index contributed by atoms with van der Waals surface area (Å²) in [5.41, 5.74) is 0.136. The Hall–Kier alpha value is -1.90. The maximum Gasteiger partial charge on any atom is 0.397 e. The first-order valence-electron chi connectivity index (χ1n) is 5.37. The van der Waals surface area contributed by atoms with Crippen molar-refractivity contribution in [2.45, 2.75) is 12.6 Å². The predicted octanol–water partition coefficient (Wildman–Crippen LogP) is 2.92. The number of aromatic nitrogens is 3. The number of carbonyl (C=O) groups excluding carboxylic acids is 1. The van der Waals surface area contributed by atoms with Crippen molar-refractivity contribution in [3.63, 3.8) is 0 Å². The van der Waals surface area contributed by atoms with Crippen LogP contribution in [0.4, 0.5) is 18.9 Å². The van der Waals surface area contributed by atoms with Crippen molar-refractivity contribution in [2.24, 2.45) is 0 Å². The number of carbonyl (C=O) groups is 1. The van der Waals surface area contributed by atoms with Gasteiger partial charge in [-0.3, -0.25) is 4.79 Å². The highest BCUT2D eigenvalue weighted by atomic mass is 79.9. The molecule has 0 aromatic carbocycles. The molecule has 2 aromatic rings. The summed E-state index contributed by atoms with van der Waals surface area (Å²) in [7, 11) is 0. The van der Waals surface area contributed by atoms with E-state index in [1.54, 1.807) is 12.3 Å². The van der Waals surface area contributed by atoms with Gasteiger partial charge in [-0.05, 0) is 28.1 Å². The van der Waals surface area contributed by atoms with E-state index in [0.717, 1.165) is 0 Å². The number of nitrogens with one attached hydrogen (secondary N) is 1. The standard InChI is InChI=1S/C11H8BrF3N4O/c12-7-4-8(18-9(20)5-11(13,14)15)10(16-6-7)19-3-1-2-17-19/h1-4,6H,5H2,(H,18,20). The number of anilines is 1. The van der Waals surface area contributed by atoms with Gasteiger partial charge >= 0.3 is 6.18 Å². The SMILES string of the molecule is O=C(CC(F)(F)F)Nc1cc(Br)cnc1-n1cccn1. The van der Waals surface area contributed by atoms with Gasteiger partial charge in [0.1, 0.15) is 6.42 Å². The lowest BCUT2D eigenvalue weighted by Gasteiger charge is -2.11. The van der Waals surface area contributed by atoms with E-state index >= 15 is 0 Å². The number of rotatable bonds is 3. The van der Waals surface area contributed by atoms with Crippen molar-refractivity contribution in [3.05, 3.63) is 35.2 Å². The molecule has 9 heteroatoms. The van der Waals surface area contributed by atoms with Crippen molar-refractivity contribution in [3.8, 4) is 5.82 Å². The van der Waals surface area contributed by atoms with Gasteiger partial charge in [0.05, 0.1) is 5.69 Å². The van der Waals surface area contributed by atoms with Gasteiger partial charge in [-0.25, -0.2) is 9.67 Å². The molecule has 0 aliphatic heterocycles. The van der Waals surface area contributed by atoms with Crippen molar-refractivity contribution < 1.29 is 18.0 Å². The molecule has 0 radical (unpaired) electrons. The number of alkyl halides is 3. The van der Waals surface area contributed by atoms with Crippen LogP contribution < -0.4 is 5.32 Å². The Labute approximate surface area is 119 Å². The molecule has 2 heterocycles. The second kappa shape index (κ2) is 5.61. The van der Waals surface area contributed by atoms with Crippen LogP contribution in [0.1, 0.15) is 6.42 Å². The molecule has 0 fully saturated rings. The van der Waals surface area contributed by atoms with Crippen LogP contribution in [0.25, 0.3) is 5.82 Å². The average Bonchev–Trinajstić information content (AvgIpc) is 2.79. The molecule has 5 nitrogen and oxygen atoms in total.